The minimum Gasteiger partial charge on any atom is -0.396 e. The molecule has 8 heteroatoms. The van der Waals surface area contributed by atoms with E-state index in [2.05, 4.69) is 5.32 Å². The third-order valence-electron chi connectivity index (χ3n) is 3.48. The largest absolute Gasteiger partial charge is 0.396 e. The number of benzene rings is 1. The SMILES string of the molecule is COCCN1C(=O)C(SCCO)=C(c2ccc(NC(C)=O)cc2)C1=O. The lowest BCUT2D eigenvalue weighted by molar-refractivity contribution is -0.137. The van der Waals surface area contributed by atoms with E-state index in [1.165, 1.54) is 14.0 Å². The summed E-state index contributed by atoms with van der Waals surface area (Å²) in [6, 6.07) is 6.72. The van der Waals surface area contributed by atoms with E-state index in [0.29, 0.717) is 27.5 Å². The van der Waals surface area contributed by atoms with Crippen LogP contribution in [0.2, 0.25) is 0 Å². The second kappa shape index (κ2) is 8.80. The van der Waals surface area contributed by atoms with Crippen molar-refractivity contribution in [1.29, 1.82) is 0 Å². The number of methoxy groups -OCH3 is 1. The maximum absolute atomic E-state index is 12.7. The topological polar surface area (TPSA) is 95.9 Å². The Morgan fingerprint density at radius 1 is 1.24 bits per heavy atom. The number of imide groups is 1. The highest BCUT2D eigenvalue weighted by Crippen LogP contribution is 2.36. The summed E-state index contributed by atoms with van der Waals surface area (Å²) in [5, 5.41) is 11.7. The van der Waals surface area contributed by atoms with Gasteiger partial charge in [0.2, 0.25) is 5.91 Å². The standard InChI is InChI=1S/C17H20N2O5S/c1-11(21)18-13-5-3-12(4-6-13)14-15(25-10-8-20)17(23)19(16(14)22)7-9-24-2/h3-6,20H,7-10H2,1-2H3,(H,18,21). The zero-order valence-corrected chi connectivity index (χ0v) is 14.9. The number of aliphatic hydroxyl groups is 1. The molecule has 3 amide bonds. The molecule has 0 aliphatic carbocycles. The van der Waals surface area contributed by atoms with Crippen molar-refractivity contribution in [2.24, 2.45) is 0 Å². The van der Waals surface area contributed by atoms with Gasteiger partial charge in [0, 0.05) is 25.5 Å². The number of anilines is 1. The fourth-order valence-corrected chi connectivity index (χ4v) is 3.28. The Bertz CT molecular complexity index is 699. The molecule has 0 fully saturated rings. The molecule has 1 aliphatic rings. The second-order valence-corrected chi connectivity index (χ2v) is 6.39. The minimum atomic E-state index is -0.380. The lowest BCUT2D eigenvalue weighted by Crippen LogP contribution is -2.34. The number of nitrogens with one attached hydrogen (secondary N) is 1. The van der Waals surface area contributed by atoms with Gasteiger partial charge in [-0.25, -0.2) is 0 Å². The fourth-order valence-electron chi connectivity index (χ4n) is 2.40. The first-order valence-corrected chi connectivity index (χ1v) is 8.69. The third-order valence-corrected chi connectivity index (χ3v) is 4.53. The number of nitrogens with zero attached hydrogens (tertiary/aromatic N) is 1. The predicted octanol–water partition coefficient (Wildman–Crippen LogP) is 1.10. The molecule has 1 aliphatic heterocycles. The van der Waals surface area contributed by atoms with Gasteiger partial charge in [0.25, 0.3) is 11.8 Å². The van der Waals surface area contributed by atoms with Gasteiger partial charge >= 0.3 is 0 Å². The van der Waals surface area contributed by atoms with Crippen molar-refractivity contribution in [3.05, 3.63) is 34.7 Å². The first-order valence-electron chi connectivity index (χ1n) is 7.70. The highest BCUT2D eigenvalue weighted by Gasteiger charge is 2.38. The first-order chi connectivity index (χ1) is 12.0. The van der Waals surface area contributed by atoms with Crippen molar-refractivity contribution in [1.82, 2.24) is 4.90 Å². The summed E-state index contributed by atoms with van der Waals surface area (Å²) in [4.78, 5) is 37.8. The minimum absolute atomic E-state index is 0.0948. The van der Waals surface area contributed by atoms with Crippen molar-refractivity contribution in [2.45, 2.75) is 6.92 Å². The third kappa shape index (κ3) is 4.47. The second-order valence-electron chi connectivity index (χ2n) is 5.29. The maximum atomic E-state index is 12.7. The zero-order valence-electron chi connectivity index (χ0n) is 14.1. The van der Waals surface area contributed by atoms with Gasteiger partial charge in [-0.1, -0.05) is 12.1 Å². The molecule has 0 saturated carbocycles. The maximum Gasteiger partial charge on any atom is 0.268 e. The predicted molar refractivity (Wildman–Crippen MR) is 95.8 cm³/mol. The highest BCUT2D eigenvalue weighted by atomic mass is 32.2. The Kier molecular flexibility index (Phi) is 6.74. The van der Waals surface area contributed by atoms with Crippen LogP contribution >= 0.6 is 11.8 Å². The zero-order chi connectivity index (χ0) is 18.4. The van der Waals surface area contributed by atoms with E-state index < -0.39 is 0 Å². The smallest absolute Gasteiger partial charge is 0.268 e. The summed E-state index contributed by atoms with van der Waals surface area (Å²) in [6.45, 7) is 1.74. The monoisotopic (exact) mass is 364 g/mol. The Morgan fingerprint density at radius 3 is 2.48 bits per heavy atom. The van der Waals surface area contributed by atoms with E-state index in [-0.39, 0.29) is 37.5 Å². The fraction of sp³-hybridized carbons (Fsp3) is 0.353. The van der Waals surface area contributed by atoms with E-state index >= 15 is 0 Å². The summed E-state index contributed by atoms with van der Waals surface area (Å²) in [5.74, 6) is -0.625. The number of carbonyl (C=O) groups is 3. The average molecular weight is 364 g/mol. The summed E-state index contributed by atoms with van der Waals surface area (Å²) >= 11 is 1.16. The van der Waals surface area contributed by atoms with Crippen LogP contribution in [0, 0.1) is 0 Å². The van der Waals surface area contributed by atoms with Crippen molar-refractivity contribution in [2.75, 3.05) is 37.9 Å². The first kappa shape index (κ1) is 19.2. The van der Waals surface area contributed by atoms with Gasteiger partial charge in [-0.05, 0) is 17.7 Å². The molecule has 1 aromatic carbocycles. The number of thioether (sulfide) groups is 1. The van der Waals surface area contributed by atoms with Crippen LogP contribution in [0.15, 0.2) is 29.2 Å². The molecule has 0 radical (unpaired) electrons. The van der Waals surface area contributed by atoms with E-state index in [4.69, 9.17) is 9.84 Å². The molecular weight excluding hydrogens is 344 g/mol. The molecule has 2 N–H and O–H groups in total. The van der Waals surface area contributed by atoms with Crippen LogP contribution in [-0.2, 0) is 19.1 Å². The number of carbonyl (C=O) groups excluding carboxylic acids is 3. The Labute approximate surface area is 150 Å². The number of aliphatic hydroxyl groups excluding tert-OH is 1. The molecule has 7 nitrogen and oxygen atoms in total. The van der Waals surface area contributed by atoms with Crippen molar-refractivity contribution >= 4 is 40.7 Å². The molecule has 0 saturated heterocycles. The lowest BCUT2D eigenvalue weighted by Gasteiger charge is -2.14. The Morgan fingerprint density at radius 2 is 1.92 bits per heavy atom. The molecule has 2 rings (SSSR count). The normalized spacial score (nSPS) is 14.4. The molecule has 1 aromatic rings. The van der Waals surface area contributed by atoms with Crippen molar-refractivity contribution < 1.29 is 24.2 Å². The van der Waals surface area contributed by atoms with Gasteiger partial charge < -0.3 is 15.2 Å². The quantitative estimate of drug-likeness (QED) is 0.671. The van der Waals surface area contributed by atoms with Gasteiger partial charge in [0.05, 0.1) is 30.2 Å². The number of ether oxygens (including phenoxy) is 1. The Hall–Kier alpha value is -2.16. The molecule has 134 valence electrons. The molecule has 0 bridgehead atoms. The number of amides is 3. The molecule has 0 atom stereocenters. The summed E-state index contributed by atoms with van der Waals surface area (Å²) in [7, 11) is 1.50. The van der Waals surface area contributed by atoms with Crippen LogP contribution < -0.4 is 5.32 Å². The van der Waals surface area contributed by atoms with Crippen LogP contribution in [-0.4, -0.2) is 60.3 Å². The van der Waals surface area contributed by atoms with Crippen molar-refractivity contribution in [3.8, 4) is 0 Å². The molecule has 0 spiro atoms. The van der Waals surface area contributed by atoms with Crippen LogP contribution in [0.4, 0.5) is 5.69 Å². The van der Waals surface area contributed by atoms with E-state index in [9.17, 15) is 14.4 Å². The number of rotatable bonds is 8. The van der Waals surface area contributed by atoms with E-state index in [0.717, 1.165) is 16.7 Å². The lowest BCUT2D eigenvalue weighted by atomic mass is 10.1. The Balaban J connectivity index is 2.34. The molecule has 1 heterocycles. The van der Waals surface area contributed by atoms with Gasteiger partial charge in [-0.15, -0.1) is 11.8 Å². The van der Waals surface area contributed by atoms with Crippen LogP contribution in [0.25, 0.3) is 5.57 Å². The molecular formula is C17H20N2O5S. The van der Waals surface area contributed by atoms with E-state index in [1.807, 2.05) is 0 Å². The van der Waals surface area contributed by atoms with Gasteiger partial charge in [0.1, 0.15) is 0 Å². The van der Waals surface area contributed by atoms with Gasteiger partial charge in [-0.2, -0.15) is 0 Å². The summed E-state index contributed by atoms with van der Waals surface area (Å²) in [6.07, 6.45) is 0. The van der Waals surface area contributed by atoms with Crippen LogP contribution in [0.1, 0.15) is 12.5 Å². The van der Waals surface area contributed by atoms with Crippen LogP contribution in [0.3, 0.4) is 0 Å². The van der Waals surface area contributed by atoms with Gasteiger partial charge in [-0.3, -0.25) is 19.3 Å². The molecule has 0 unspecified atom stereocenters. The van der Waals surface area contributed by atoms with E-state index in [1.54, 1.807) is 24.3 Å². The molecule has 0 aromatic heterocycles. The van der Waals surface area contributed by atoms with Crippen LogP contribution in [0.5, 0.6) is 0 Å². The van der Waals surface area contributed by atoms with Crippen molar-refractivity contribution in [3.63, 3.8) is 0 Å². The highest BCUT2D eigenvalue weighted by molar-refractivity contribution is 8.04. The van der Waals surface area contributed by atoms with Gasteiger partial charge in [0.15, 0.2) is 0 Å². The average Bonchev–Trinajstić information content (AvgIpc) is 2.81. The molecule has 25 heavy (non-hydrogen) atoms. The number of hydrogen-bond donors (Lipinski definition) is 2. The summed E-state index contributed by atoms with van der Waals surface area (Å²) in [5.41, 5.74) is 1.51. The number of hydrogen-bond acceptors (Lipinski definition) is 6. The summed E-state index contributed by atoms with van der Waals surface area (Å²) < 4.78 is 4.96.